The highest BCUT2D eigenvalue weighted by Crippen LogP contribution is 2.32. The Balaban J connectivity index is 1.55. The Bertz CT molecular complexity index is 629. The van der Waals surface area contributed by atoms with Crippen LogP contribution in [0.1, 0.15) is 31.2 Å². The van der Waals surface area contributed by atoms with Crippen molar-refractivity contribution in [2.24, 2.45) is 11.8 Å². The number of hydrogen-bond donors (Lipinski definition) is 1. The molecule has 1 aromatic carbocycles. The second-order valence-electron chi connectivity index (χ2n) is 7.03. The standard InChI is InChI=1S/C19H25FN2O3/c20-17-8-4-1-5-14(17)13-21-9-11-22(12-10-21)18(23)15-6-2-3-7-16(15)19(24)25/h1,4-5,8,15-16H,2-3,6-7,9-13H2,(H,24,25)/t15-,16+/m1/s1. The van der Waals surface area contributed by atoms with E-state index in [1.807, 2.05) is 6.07 Å². The minimum atomic E-state index is -0.851. The molecule has 1 aromatic rings. The average Bonchev–Trinajstić information content (AvgIpc) is 2.63. The fourth-order valence-electron chi connectivity index (χ4n) is 3.95. The summed E-state index contributed by atoms with van der Waals surface area (Å²) in [6, 6.07) is 6.75. The van der Waals surface area contributed by atoms with Crippen molar-refractivity contribution in [3.63, 3.8) is 0 Å². The summed E-state index contributed by atoms with van der Waals surface area (Å²) in [5.74, 6) is -2.00. The molecule has 2 fully saturated rings. The number of aliphatic carboxylic acids is 1. The van der Waals surface area contributed by atoms with Crippen LogP contribution in [0.2, 0.25) is 0 Å². The number of rotatable bonds is 4. The lowest BCUT2D eigenvalue weighted by Crippen LogP contribution is -2.51. The summed E-state index contributed by atoms with van der Waals surface area (Å²) in [7, 11) is 0. The Kier molecular flexibility index (Phi) is 5.68. The van der Waals surface area contributed by atoms with Crippen molar-refractivity contribution in [2.45, 2.75) is 32.2 Å². The van der Waals surface area contributed by atoms with Gasteiger partial charge in [0.15, 0.2) is 0 Å². The molecule has 0 unspecified atom stereocenters. The molecule has 1 saturated carbocycles. The molecule has 3 rings (SSSR count). The summed E-state index contributed by atoms with van der Waals surface area (Å²) in [6.07, 6.45) is 3.08. The summed E-state index contributed by atoms with van der Waals surface area (Å²) in [4.78, 5) is 28.1. The number of halogens is 1. The van der Waals surface area contributed by atoms with Crippen molar-refractivity contribution in [3.8, 4) is 0 Å². The number of carbonyl (C=O) groups is 2. The molecule has 1 amide bonds. The van der Waals surface area contributed by atoms with Gasteiger partial charge in [-0.05, 0) is 18.9 Å². The van der Waals surface area contributed by atoms with Crippen LogP contribution in [-0.2, 0) is 16.1 Å². The molecule has 6 heteroatoms. The van der Waals surface area contributed by atoms with E-state index < -0.39 is 11.9 Å². The van der Waals surface area contributed by atoms with Gasteiger partial charge < -0.3 is 10.0 Å². The van der Waals surface area contributed by atoms with E-state index in [1.54, 1.807) is 17.0 Å². The molecule has 0 spiro atoms. The summed E-state index contributed by atoms with van der Waals surface area (Å²) in [5.41, 5.74) is 0.667. The number of carboxylic acid groups (broad SMARTS) is 1. The van der Waals surface area contributed by atoms with Gasteiger partial charge in [0, 0.05) is 38.3 Å². The Morgan fingerprint density at radius 1 is 1.04 bits per heavy atom. The van der Waals surface area contributed by atoms with Gasteiger partial charge in [-0.3, -0.25) is 14.5 Å². The van der Waals surface area contributed by atoms with Gasteiger partial charge in [-0.1, -0.05) is 31.0 Å². The van der Waals surface area contributed by atoms with E-state index in [9.17, 15) is 19.1 Å². The van der Waals surface area contributed by atoms with Gasteiger partial charge >= 0.3 is 5.97 Å². The molecule has 1 N–H and O–H groups in total. The number of nitrogens with zero attached hydrogens (tertiary/aromatic N) is 2. The van der Waals surface area contributed by atoms with Crippen LogP contribution in [0.15, 0.2) is 24.3 Å². The van der Waals surface area contributed by atoms with E-state index in [0.29, 0.717) is 51.1 Å². The molecule has 1 heterocycles. The molecule has 2 atom stereocenters. The highest BCUT2D eigenvalue weighted by atomic mass is 19.1. The maximum atomic E-state index is 13.8. The zero-order valence-corrected chi connectivity index (χ0v) is 14.4. The van der Waals surface area contributed by atoms with Gasteiger partial charge in [0.2, 0.25) is 5.91 Å². The Labute approximate surface area is 147 Å². The average molecular weight is 348 g/mol. The molecule has 2 aliphatic rings. The van der Waals surface area contributed by atoms with Crippen molar-refractivity contribution >= 4 is 11.9 Å². The predicted octanol–water partition coefficient (Wildman–Crippen LogP) is 2.36. The number of benzene rings is 1. The second-order valence-corrected chi connectivity index (χ2v) is 7.03. The minimum absolute atomic E-state index is 0.0161. The monoisotopic (exact) mass is 348 g/mol. The second kappa shape index (κ2) is 7.95. The van der Waals surface area contributed by atoms with Gasteiger partial charge in [-0.2, -0.15) is 0 Å². The number of piperazine rings is 1. The maximum absolute atomic E-state index is 13.8. The van der Waals surface area contributed by atoms with Gasteiger partial charge in [0.25, 0.3) is 0 Å². The molecular formula is C19H25FN2O3. The van der Waals surface area contributed by atoms with E-state index in [2.05, 4.69) is 4.90 Å². The Morgan fingerprint density at radius 3 is 2.32 bits per heavy atom. The summed E-state index contributed by atoms with van der Waals surface area (Å²) < 4.78 is 13.8. The number of carboxylic acids is 1. The SMILES string of the molecule is O=C(O)[C@H]1CCCC[C@H]1C(=O)N1CCN(Cc2ccccc2F)CC1. The van der Waals surface area contributed by atoms with Gasteiger partial charge in [-0.15, -0.1) is 0 Å². The third-order valence-electron chi connectivity index (χ3n) is 5.44. The smallest absolute Gasteiger partial charge is 0.307 e. The zero-order chi connectivity index (χ0) is 17.8. The van der Waals surface area contributed by atoms with Crippen molar-refractivity contribution in [1.29, 1.82) is 0 Å². The third kappa shape index (κ3) is 4.18. The molecule has 0 bridgehead atoms. The van der Waals surface area contributed by atoms with Crippen molar-refractivity contribution in [2.75, 3.05) is 26.2 Å². The molecule has 25 heavy (non-hydrogen) atoms. The number of carbonyl (C=O) groups excluding carboxylic acids is 1. The predicted molar refractivity (Wildman–Crippen MR) is 91.3 cm³/mol. The van der Waals surface area contributed by atoms with Crippen LogP contribution in [0.3, 0.4) is 0 Å². The van der Waals surface area contributed by atoms with Crippen LogP contribution in [0.25, 0.3) is 0 Å². The van der Waals surface area contributed by atoms with Crippen LogP contribution in [0.4, 0.5) is 4.39 Å². The van der Waals surface area contributed by atoms with Gasteiger partial charge in [0.1, 0.15) is 5.82 Å². The molecule has 5 nitrogen and oxygen atoms in total. The zero-order valence-electron chi connectivity index (χ0n) is 14.4. The van der Waals surface area contributed by atoms with Crippen molar-refractivity contribution in [1.82, 2.24) is 9.80 Å². The Hall–Kier alpha value is -1.95. The lowest BCUT2D eigenvalue weighted by Gasteiger charge is -2.38. The van der Waals surface area contributed by atoms with Crippen LogP contribution >= 0.6 is 0 Å². The van der Waals surface area contributed by atoms with E-state index in [1.165, 1.54) is 6.07 Å². The summed E-state index contributed by atoms with van der Waals surface area (Å²) in [5, 5.41) is 9.37. The van der Waals surface area contributed by atoms with E-state index >= 15 is 0 Å². The highest BCUT2D eigenvalue weighted by Gasteiger charge is 2.38. The molecule has 136 valence electrons. The molecule has 0 aromatic heterocycles. The number of hydrogen-bond acceptors (Lipinski definition) is 3. The molecular weight excluding hydrogens is 323 g/mol. The quantitative estimate of drug-likeness (QED) is 0.907. The maximum Gasteiger partial charge on any atom is 0.307 e. The minimum Gasteiger partial charge on any atom is -0.481 e. The van der Waals surface area contributed by atoms with Crippen LogP contribution in [0.5, 0.6) is 0 Å². The topological polar surface area (TPSA) is 60.9 Å². The van der Waals surface area contributed by atoms with Crippen LogP contribution in [-0.4, -0.2) is 53.0 Å². The molecule has 1 aliphatic heterocycles. The first-order valence-corrected chi connectivity index (χ1v) is 9.03. The molecule has 0 radical (unpaired) electrons. The summed E-state index contributed by atoms with van der Waals surface area (Å²) in [6.45, 7) is 3.07. The fourth-order valence-corrected chi connectivity index (χ4v) is 3.95. The molecule has 1 saturated heterocycles. The van der Waals surface area contributed by atoms with Crippen LogP contribution in [0, 0.1) is 17.7 Å². The summed E-state index contributed by atoms with van der Waals surface area (Å²) >= 11 is 0. The van der Waals surface area contributed by atoms with Gasteiger partial charge in [-0.25, -0.2) is 4.39 Å². The third-order valence-corrected chi connectivity index (χ3v) is 5.44. The lowest BCUT2D eigenvalue weighted by atomic mass is 9.78. The first-order chi connectivity index (χ1) is 12.1. The van der Waals surface area contributed by atoms with Crippen molar-refractivity contribution < 1.29 is 19.1 Å². The van der Waals surface area contributed by atoms with Crippen molar-refractivity contribution in [3.05, 3.63) is 35.6 Å². The van der Waals surface area contributed by atoms with Gasteiger partial charge in [0.05, 0.1) is 11.8 Å². The molecule has 1 aliphatic carbocycles. The fraction of sp³-hybridized carbons (Fsp3) is 0.579. The highest BCUT2D eigenvalue weighted by molar-refractivity contribution is 5.85. The first kappa shape index (κ1) is 17.9. The van der Waals surface area contributed by atoms with Crippen LogP contribution < -0.4 is 0 Å². The lowest BCUT2D eigenvalue weighted by molar-refractivity contribution is -0.153. The van der Waals surface area contributed by atoms with E-state index in [4.69, 9.17) is 0 Å². The first-order valence-electron chi connectivity index (χ1n) is 9.03. The van der Waals surface area contributed by atoms with E-state index in [0.717, 1.165) is 12.8 Å². The number of amides is 1. The normalized spacial score (nSPS) is 24.9. The van der Waals surface area contributed by atoms with E-state index in [-0.39, 0.29) is 17.6 Å². The Morgan fingerprint density at radius 2 is 1.68 bits per heavy atom. The largest absolute Gasteiger partial charge is 0.481 e.